The summed E-state index contributed by atoms with van der Waals surface area (Å²) in [5.41, 5.74) is 3.05. The molecule has 0 fully saturated rings. The zero-order chi connectivity index (χ0) is 14.8. The van der Waals surface area contributed by atoms with Crippen molar-refractivity contribution in [2.75, 3.05) is 6.61 Å². The Labute approximate surface area is 128 Å². The summed E-state index contributed by atoms with van der Waals surface area (Å²) in [6.07, 6.45) is 1.62. The lowest BCUT2D eigenvalue weighted by Crippen LogP contribution is -2.00. The highest BCUT2D eigenvalue weighted by Gasteiger charge is 2.14. The van der Waals surface area contributed by atoms with Crippen molar-refractivity contribution in [1.82, 2.24) is 0 Å². The van der Waals surface area contributed by atoms with Crippen molar-refractivity contribution >= 4 is 11.6 Å². The number of rotatable bonds is 4. The first-order valence-electron chi connectivity index (χ1n) is 7.01. The van der Waals surface area contributed by atoms with Gasteiger partial charge in [0.05, 0.1) is 17.7 Å². The molecule has 1 aliphatic rings. The van der Waals surface area contributed by atoms with Gasteiger partial charge in [-0.3, -0.25) is 0 Å². The van der Waals surface area contributed by atoms with Gasteiger partial charge in [0.2, 0.25) is 0 Å². The molecule has 0 aliphatic carbocycles. The second kappa shape index (κ2) is 6.04. The van der Waals surface area contributed by atoms with E-state index in [-0.39, 0.29) is 5.02 Å². The van der Waals surface area contributed by atoms with E-state index in [1.165, 1.54) is 23.3 Å². The number of hydrogen-bond acceptors (Lipinski definition) is 2. The first-order chi connectivity index (χ1) is 10.1. The van der Waals surface area contributed by atoms with Crippen LogP contribution in [0.4, 0.5) is 4.39 Å². The average molecular weight is 307 g/mol. The minimum Gasteiger partial charge on any atom is -0.493 e. The summed E-state index contributed by atoms with van der Waals surface area (Å²) in [5, 5.41) is 10.2. The minimum absolute atomic E-state index is 0.0428. The molecule has 0 aromatic heterocycles. The van der Waals surface area contributed by atoms with Gasteiger partial charge in [0, 0.05) is 6.42 Å². The molecule has 110 valence electrons. The largest absolute Gasteiger partial charge is 0.493 e. The molecule has 21 heavy (non-hydrogen) atoms. The number of aliphatic hydroxyl groups excluding tert-OH is 1. The lowest BCUT2D eigenvalue weighted by molar-refractivity contribution is 0.168. The molecular formula is C17H16ClFO2. The Bertz CT molecular complexity index is 657. The molecule has 1 atom stereocenters. The summed E-state index contributed by atoms with van der Waals surface area (Å²) in [5.74, 6) is 0.496. The maximum absolute atomic E-state index is 13.1. The van der Waals surface area contributed by atoms with Crippen LogP contribution < -0.4 is 4.74 Å². The molecule has 3 rings (SSSR count). The maximum Gasteiger partial charge on any atom is 0.141 e. The Hall–Kier alpha value is -1.58. The van der Waals surface area contributed by atoms with Gasteiger partial charge in [-0.1, -0.05) is 29.8 Å². The van der Waals surface area contributed by atoms with Crippen molar-refractivity contribution in [3.05, 3.63) is 63.9 Å². The van der Waals surface area contributed by atoms with Crippen LogP contribution in [0.2, 0.25) is 5.02 Å². The fourth-order valence-electron chi connectivity index (χ4n) is 2.59. The third-order valence-electron chi connectivity index (χ3n) is 3.79. The summed E-state index contributed by atoms with van der Waals surface area (Å²) < 4.78 is 18.6. The predicted molar refractivity (Wildman–Crippen MR) is 80.3 cm³/mol. The van der Waals surface area contributed by atoms with Gasteiger partial charge in [-0.25, -0.2) is 4.39 Å². The summed E-state index contributed by atoms with van der Waals surface area (Å²) in [7, 11) is 0. The lowest BCUT2D eigenvalue weighted by Gasteiger charge is -2.12. The standard InChI is InChI=1S/C17H16ClFO2/c18-14-10-12(3-4-15(14)19)16(20)5-1-11-2-6-17-13(9-11)7-8-21-17/h2-4,6,9-10,16,20H,1,5,7-8H2. The molecule has 0 saturated heterocycles. The van der Waals surface area contributed by atoms with E-state index in [1.807, 2.05) is 12.1 Å². The van der Waals surface area contributed by atoms with Gasteiger partial charge in [0.1, 0.15) is 11.6 Å². The first kappa shape index (κ1) is 14.4. The van der Waals surface area contributed by atoms with E-state index in [0.29, 0.717) is 12.0 Å². The predicted octanol–water partition coefficient (Wildman–Crippen LogP) is 4.08. The third-order valence-corrected chi connectivity index (χ3v) is 4.08. The van der Waals surface area contributed by atoms with E-state index in [9.17, 15) is 9.50 Å². The Balaban J connectivity index is 1.65. The van der Waals surface area contributed by atoms with Crippen LogP contribution in [-0.2, 0) is 12.8 Å². The second-order valence-corrected chi connectivity index (χ2v) is 5.68. The highest BCUT2D eigenvalue weighted by Crippen LogP contribution is 2.28. The number of halogens is 2. The van der Waals surface area contributed by atoms with Crippen LogP contribution in [0.1, 0.15) is 29.2 Å². The molecule has 1 unspecified atom stereocenters. The fourth-order valence-corrected chi connectivity index (χ4v) is 2.77. The van der Waals surface area contributed by atoms with Gasteiger partial charge in [-0.05, 0) is 47.7 Å². The number of ether oxygens (including phenoxy) is 1. The van der Waals surface area contributed by atoms with Crippen molar-refractivity contribution in [3.63, 3.8) is 0 Å². The van der Waals surface area contributed by atoms with Crippen LogP contribution in [0.5, 0.6) is 5.75 Å². The highest BCUT2D eigenvalue weighted by atomic mass is 35.5. The Kier molecular flexibility index (Phi) is 4.13. The van der Waals surface area contributed by atoms with Crippen molar-refractivity contribution in [2.24, 2.45) is 0 Å². The van der Waals surface area contributed by atoms with E-state index in [4.69, 9.17) is 16.3 Å². The molecule has 0 saturated carbocycles. The minimum atomic E-state index is -0.646. The smallest absolute Gasteiger partial charge is 0.141 e. The Morgan fingerprint density at radius 3 is 2.90 bits per heavy atom. The molecule has 4 heteroatoms. The van der Waals surface area contributed by atoms with Crippen LogP contribution in [-0.4, -0.2) is 11.7 Å². The Morgan fingerprint density at radius 1 is 1.24 bits per heavy atom. The van der Waals surface area contributed by atoms with Gasteiger partial charge in [0.25, 0.3) is 0 Å². The molecule has 2 aromatic rings. The van der Waals surface area contributed by atoms with E-state index >= 15 is 0 Å². The quantitative estimate of drug-likeness (QED) is 0.922. The molecule has 0 amide bonds. The van der Waals surface area contributed by atoms with Gasteiger partial charge in [-0.15, -0.1) is 0 Å². The number of fused-ring (bicyclic) bond motifs is 1. The molecule has 1 heterocycles. The summed E-state index contributed by atoms with van der Waals surface area (Å²) >= 11 is 5.74. The van der Waals surface area contributed by atoms with E-state index in [1.54, 1.807) is 6.07 Å². The second-order valence-electron chi connectivity index (χ2n) is 5.27. The van der Waals surface area contributed by atoms with E-state index in [2.05, 4.69) is 6.07 Å². The summed E-state index contributed by atoms with van der Waals surface area (Å²) in [6, 6.07) is 10.5. The van der Waals surface area contributed by atoms with Crippen molar-refractivity contribution in [2.45, 2.75) is 25.4 Å². The normalized spacial score (nSPS) is 14.6. The molecule has 2 nitrogen and oxygen atoms in total. The molecule has 0 spiro atoms. The van der Waals surface area contributed by atoms with Crippen LogP contribution in [0.25, 0.3) is 0 Å². The maximum atomic E-state index is 13.1. The summed E-state index contributed by atoms with van der Waals surface area (Å²) in [4.78, 5) is 0. The van der Waals surface area contributed by atoms with E-state index < -0.39 is 11.9 Å². The molecule has 1 N–H and O–H groups in total. The number of aryl methyl sites for hydroxylation is 1. The van der Waals surface area contributed by atoms with Gasteiger partial charge in [0.15, 0.2) is 0 Å². The zero-order valence-corrected chi connectivity index (χ0v) is 12.2. The van der Waals surface area contributed by atoms with Gasteiger partial charge >= 0.3 is 0 Å². The molecule has 2 aromatic carbocycles. The first-order valence-corrected chi connectivity index (χ1v) is 7.39. The number of hydrogen-bond donors (Lipinski definition) is 1. The van der Waals surface area contributed by atoms with Crippen LogP contribution >= 0.6 is 11.6 Å². The lowest BCUT2D eigenvalue weighted by atomic mass is 9.99. The SMILES string of the molecule is OC(CCc1ccc2c(c1)CCO2)c1ccc(F)c(Cl)c1. The Morgan fingerprint density at radius 2 is 2.10 bits per heavy atom. The van der Waals surface area contributed by atoms with Crippen molar-refractivity contribution in [3.8, 4) is 5.75 Å². The molecule has 0 bridgehead atoms. The monoisotopic (exact) mass is 306 g/mol. The van der Waals surface area contributed by atoms with Crippen LogP contribution in [0.3, 0.4) is 0 Å². The van der Waals surface area contributed by atoms with Gasteiger partial charge < -0.3 is 9.84 Å². The third kappa shape index (κ3) is 3.20. The summed E-state index contributed by atoms with van der Waals surface area (Å²) in [6.45, 7) is 0.746. The molecule has 1 aliphatic heterocycles. The fraction of sp³-hybridized carbons (Fsp3) is 0.294. The molecular weight excluding hydrogens is 291 g/mol. The van der Waals surface area contributed by atoms with E-state index in [0.717, 1.165) is 25.2 Å². The van der Waals surface area contributed by atoms with Crippen LogP contribution in [0.15, 0.2) is 36.4 Å². The van der Waals surface area contributed by atoms with Crippen molar-refractivity contribution < 1.29 is 14.2 Å². The van der Waals surface area contributed by atoms with Gasteiger partial charge in [-0.2, -0.15) is 0 Å². The number of benzene rings is 2. The molecule has 0 radical (unpaired) electrons. The number of aliphatic hydroxyl groups is 1. The van der Waals surface area contributed by atoms with Crippen molar-refractivity contribution in [1.29, 1.82) is 0 Å². The zero-order valence-electron chi connectivity index (χ0n) is 11.5. The average Bonchev–Trinajstić information content (AvgIpc) is 2.95. The highest BCUT2D eigenvalue weighted by molar-refractivity contribution is 6.30. The topological polar surface area (TPSA) is 29.5 Å². The van der Waals surface area contributed by atoms with Crippen LogP contribution in [0, 0.1) is 5.82 Å².